The number of likely N-dealkylation sites (N-methyl/N-ethyl adjacent to an activating group) is 1. The van der Waals surface area contributed by atoms with E-state index in [9.17, 15) is 19.8 Å². The molecule has 5 N–H and O–H groups in total. The minimum Gasteiger partial charge on any atom is -0.511 e. The molecule has 0 aromatic heterocycles. The number of benzene rings is 1. The Bertz CT molecular complexity index is 1430. The van der Waals surface area contributed by atoms with Gasteiger partial charge in [0.2, 0.25) is 0 Å². The molecule has 3 unspecified atom stereocenters. The Labute approximate surface area is 247 Å². The second-order valence-electron chi connectivity index (χ2n) is 13.4. The standard InChI is InChI=1S/C30H39ClN3O6P/c1-28(2,3)7-8-33-12-14-11-17(39-6)19-15(21(14)31)9-13-10-16-22(34(4)5)24(36)20(26(32)38)29-27(40-29)41-30(16,29)25(37)18(13)23(19)35/h11,13,16,22,27,33,36-37,41H,7-10,12H2,1-6H3,(H2,32,38)/t13-,16-,22-,27?,29?,30-/m0/s1. The topological polar surface area (TPSA) is 138 Å². The first-order valence-electron chi connectivity index (χ1n) is 14.1. The smallest absolute Gasteiger partial charge is 0.251 e. The summed E-state index contributed by atoms with van der Waals surface area (Å²) in [6, 6.07) is 1.25. The summed E-state index contributed by atoms with van der Waals surface area (Å²) in [5.74, 6) is -1.69. The first-order valence-corrected chi connectivity index (χ1v) is 15.6. The molecule has 2 saturated heterocycles. The first-order chi connectivity index (χ1) is 19.2. The third-order valence-corrected chi connectivity index (χ3v) is 12.4. The monoisotopic (exact) mass is 603 g/mol. The van der Waals surface area contributed by atoms with Crippen molar-refractivity contribution < 1.29 is 29.3 Å². The van der Waals surface area contributed by atoms with Crippen LogP contribution in [0.1, 0.15) is 55.1 Å². The maximum absolute atomic E-state index is 14.3. The summed E-state index contributed by atoms with van der Waals surface area (Å²) in [4.78, 5) is 28.8. The number of halogens is 1. The number of ketones is 1. The first kappa shape index (κ1) is 28.9. The Hall–Kier alpha value is -2.16. The molecule has 1 aromatic carbocycles. The third kappa shape index (κ3) is 3.82. The number of carbonyl (C=O) groups excluding carboxylic acids is 2. The molecule has 7 atom stereocenters. The number of nitrogens with two attached hydrogens (primary N) is 1. The van der Waals surface area contributed by atoms with Gasteiger partial charge in [-0.1, -0.05) is 41.0 Å². The summed E-state index contributed by atoms with van der Waals surface area (Å²) < 4.78 is 11.8. The van der Waals surface area contributed by atoms with Crippen LogP contribution in [0.2, 0.25) is 5.02 Å². The SMILES string of the molecule is COc1cc(CNCCC(C)(C)C)c(Cl)c2c1C(=O)C1=C(O)[C@]34PC5OC53C(C(N)=O)=C(O)[C@@H](N(C)C)[C@@H]4C[C@@H]1C2. The number of allylic oxidation sites excluding steroid dienone is 1. The fourth-order valence-corrected chi connectivity index (χ4v) is 10.4. The van der Waals surface area contributed by atoms with E-state index in [1.54, 1.807) is 0 Å². The Morgan fingerprint density at radius 3 is 2.61 bits per heavy atom. The van der Waals surface area contributed by atoms with Gasteiger partial charge in [-0.3, -0.25) is 14.5 Å². The Kier molecular flexibility index (Phi) is 6.65. The van der Waals surface area contributed by atoms with Crippen LogP contribution in [0.5, 0.6) is 5.75 Å². The lowest BCUT2D eigenvalue weighted by molar-refractivity contribution is -0.116. The number of methoxy groups -OCH3 is 1. The zero-order chi connectivity index (χ0) is 29.8. The van der Waals surface area contributed by atoms with E-state index in [0.29, 0.717) is 41.3 Å². The van der Waals surface area contributed by atoms with Gasteiger partial charge in [-0.15, -0.1) is 0 Å². The van der Waals surface area contributed by atoms with Crippen molar-refractivity contribution in [2.45, 2.75) is 69.2 Å². The molecule has 41 heavy (non-hydrogen) atoms. The van der Waals surface area contributed by atoms with Crippen LogP contribution in [0.4, 0.5) is 0 Å². The van der Waals surface area contributed by atoms with E-state index >= 15 is 0 Å². The highest BCUT2D eigenvalue weighted by Gasteiger charge is 2.88. The van der Waals surface area contributed by atoms with Crippen LogP contribution < -0.4 is 15.8 Å². The molecule has 2 fully saturated rings. The van der Waals surface area contributed by atoms with Gasteiger partial charge in [-0.2, -0.15) is 0 Å². The fraction of sp³-hybridized carbons (Fsp3) is 0.600. The van der Waals surface area contributed by atoms with Crippen molar-refractivity contribution >= 4 is 31.9 Å². The van der Waals surface area contributed by atoms with Gasteiger partial charge >= 0.3 is 0 Å². The van der Waals surface area contributed by atoms with Gasteiger partial charge in [0.1, 0.15) is 28.7 Å². The number of aliphatic hydroxyl groups is 2. The molecule has 2 heterocycles. The molecule has 222 valence electrons. The number of ether oxygens (including phenoxy) is 2. The van der Waals surface area contributed by atoms with Crippen molar-refractivity contribution in [2.75, 3.05) is 27.7 Å². The lowest BCUT2D eigenvalue weighted by Crippen LogP contribution is -2.69. The quantitative estimate of drug-likeness (QED) is 0.210. The van der Waals surface area contributed by atoms with E-state index in [4.69, 9.17) is 26.8 Å². The molecule has 0 radical (unpaired) electrons. The summed E-state index contributed by atoms with van der Waals surface area (Å²) in [7, 11) is 5.32. The second kappa shape index (κ2) is 9.42. The van der Waals surface area contributed by atoms with Gasteiger partial charge in [0.15, 0.2) is 5.78 Å². The van der Waals surface area contributed by atoms with E-state index in [2.05, 4.69) is 26.1 Å². The summed E-state index contributed by atoms with van der Waals surface area (Å²) in [5, 5.41) is 26.5. The molecule has 6 rings (SSSR count). The van der Waals surface area contributed by atoms with Crippen molar-refractivity contribution in [3.05, 3.63) is 50.4 Å². The molecule has 1 amide bonds. The summed E-state index contributed by atoms with van der Waals surface area (Å²) in [6.45, 7) is 7.96. The Morgan fingerprint density at radius 2 is 2.05 bits per heavy atom. The van der Waals surface area contributed by atoms with E-state index in [1.807, 2.05) is 25.1 Å². The minimum absolute atomic E-state index is 0.0229. The number of hydrogen-bond acceptors (Lipinski definition) is 8. The number of Topliss-reactive ketones (excluding diaryl/α,β-unsaturated/α-hetero) is 1. The van der Waals surface area contributed by atoms with E-state index in [1.165, 1.54) is 7.11 Å². The summed E-state index contributed by atoms with van der Waals surface area (Å²) in [6.07, 6.45) is 1.97. The van der Waals surface area contributed by atoms with Crippen molar-refractivity contribution in [2.24, 2.45) is 23.0 Å². The van der Waals surface area contributed by atoms with Crippen molar-refractivity contribution in [1.29, 1.82) is 0 Å². The summed E-state index contributed by atoms with van der Waals surface area (Å²) >= 11 is 6.99. The maximum atomic E-state index is 14.3. The maximum Gasteiger partial charge on any atom is 0.251 e. The molecule has 2 aliphatic heterocycles. The third-order valence-electron chi connectivity index (χ3n) is 9.69. The van der Waals surface area contributed by atoms with Crippen LogP contribution >= 0.6 is 20.2 Å². The number of hydrogen-bond donors (Lipinski definition) is 4. The molecule has 0 bridgehead atoms. The number of amides is 1. The second-order valence-corrected chi connectivity index (χ2v) is 15.4. The van der Waals surface area contributed by atoms with E-state index in [0.717, 1.165) is 24.1 Å². The van der Waals surface area contributed by atoms with Crippen LogP contribution in [0, 0.1) is 17.3 Å². The zero-order valence-corrected chi connectivity index (χ0v) is 26.1. The summed E-state index contributed by atoms with van der Waals surface area (Å²) in [5.41, 5.74) is 7.12. The average Bonchev–Trinajstić information content (AvgIpc) is 3.45. The molecular weight excluding hydrogens is 565 g/mol. The van der Waals surface area contributed by atoms with Gasteiger partial charge in [-0.25, -0.2) is 0 Å². The number of aliphatic hydroxyl groups excluding tert-OH is 2. The number of epoxide rings is 1. The molecule has 9 nitrogen and oxygen atoms in total. The largest absolute Gasteiger partial charge is 0.511 e. The fourth-order valence-electron chi connectivity index (χ4n) is 7.85. The highest BCUT2D eigenvalue weighted by atomic mass is 35.5. The lowest BCUT2D eigenvalue weighted by atomic mass is 9.56. The number of rotatable bonds is 7. The molecule has 3 aliphatic carbocycles. The van der Waals surface area contributed by atoms with Crippen molar-refractivity contribution in [1.82, 2.24) is 10.2 Å². The molecule has 5 aliphatic rings. The number of nitrogens with one attached hydrogen (secondary N) is 1. The van der Waals surface area contributed by atoms with Crippen LogP contribution in [-0.4, -0.2) is 77.2 Å². The molecule has 11 heteroatoms. The van der Waals surface area contributed by atoms with Gasteiger partial charge in [0.25, 0.3) is 5.91 Å². The molecular formula is C30H39ClN3O6P. The predicted molar refractivity (Wildman–Crippen MR) is 158 cm³/mol. The van der Waals surface area contributed by atoms with Crippen LogP contribution in [0.25, 0.3) is 0 Å². The zero-order valence-electron chi connectivity index (χ0n) is 24.4. The Balaban J connectivity index is 1.43. The van der Waals surface area contributed by atoms with Crippen LogP contribution in [0.3, 0.4) is 0 Å². The lowest BCUT2D eigenvalue weighted by Gasteiger charge is -2.59. The number of carbonyl (C=O) groups is 2. The van der Waals surface area contributed by atoms with Crippen molar-refractivity contribution in [3.8, 4) is 5.75 Å². The highest BCUT2D eigenvalue weighted by molar-refractivity contribution is 7.44. The predicted octanol–water partition coefficient (Wildman–Crippen LogP) is 3.83. The van der Waals surface area contributed by atoms with Crippen molar-refractivity contribution in [3.63, 3.8) is 0 Å². The van der Waals surface area contributed by atoms with Crippen LogP contribution in [-0.2, 0) is 22.5 Å². The van der Waals surface area contributed by atoms with Gasteiger partial charge < -0.3 is 30.7 Å². The van der Waals surface area contributed by atoms with Gasteiger partial charge in [0.05, 0.1) is 29.4 Å². The normalized spacial score (nSPS) is 34.0. The number of nitrogens with zero attached hydrogens (tertiary/aromatic N) is 1. The number of primary amides is 1. The highest BCUT2D eigenvalue weighted by Crippen LogP contribution is 2.84. The minimum atomic E-state index is -1.19. The van der Waals surface area contributed by atoms with E-state index in [-0.39, 0.29) is 54.6 Å². The van der Waals surface area contributed by atoms with Gasteiger partial charge in [0, 0.05) is 23.1 Å². The van der Waals surface area contributed by atoms with Gasteiger partial charge in [-0.05, 0) is 68.4 Å². The molecule has 1 aromatic rings. The molecule has 2 spiro atoms. The number of fused-ring (bicyclic) bond motifs is 2. The van der Waals surface area contributed by atoms with Crippen LogP contribution in [0.15, 0.2) is 28.7 Å². The average molecular weight is 604 g/mol. The Morgan fingerprint density at radius 1 is 1.34 bits per heavy atom. The van der Waals surface area contributed by atoms with E-state index < -0.39 is 22.7 Å². The molecule has 0 saturated carbocycles.